The van der Waals surface area contributed by atoms with Crippen LogP contribution in [0.2, 0.25) is 0 Å². The van der Waals surface area contributed by atoms with E-state index in [1.54, 1.807) is 19.1 Å². The standard InChI is InChI=1S/C19H17FO2/c1-2-19(20)16(11-6-12-17(19)18(21)22)15-10-5-8-13-7-3-4-9-14(13)15/h3-12,17H,2H2,1H3,(H,21,22). The van der Waals surface area contributed by atoms with Crippen molar-refractivity contribution in [3.8, 4) is 0 Å². The van der Waals surface area contributed by atoms with Crippen LogP contribution in [0.25, 0.3) is 16.3 Å². The number of hydrogen-bond acceptors (Lipinski definition) is 1. The number of fused-ring (bicyclic) bond motifs is 1. The van der Waals surface area contributed by atoms with E-state index in [0.29, 0.717) is 5.57 Å². The van der Waals surface area contributed by atoms with Crippen molar-refractivity contribution in [1.29, 1.82) is 0 Å². The van der Waals surface area contributed by atoms with Crippen LogP contribution in [-0.2, 0) is 4.79 Å². The minimum atomic E-state index is -1.90. The molecule has 22 heavy (non-hydrogen) atoms. The molecule has 2 aromatic rings. The summed E-state index contributed by atoms with van der Waals surface area (Å²) in [6, 6.07) is 13.5. The molecule has 2 nitrogen and oxygen atoms in total. The molecule has 1 aliphatic rings. The molecule has 3 heteroatoms. The van der Waals surface area contributed by atoms with Gasteiger partial charge in [0.1, 0.15) is 5.92 Å². The van der Waals surface area contributed by atoms with Gasteiger partial charge in [0, 0.05) is 0 Å². The third-order valence-corrected chi connectivity index (χ3v) is 4.37. The van der Waals surface area contributed by atoms with Gasteiger partial charge in [-0.1, -0.05) is 67.6 Å². The van der Waals surface area contributed by atoms with Crippen molar-refractivity contribution in [2.45, 2.75) is 19.0 Å². The molecule has 0 saturated heterocycles. The molecular weight excluding hydrogens is 279 g/mol. The number of rotatable bonds is 3. The summed E-state index contributed by atoms with van der Waals surface area (Å²) < 4.78 is 15.6. The number of alkyl halides is 1. The predicted octanol–water partition coefficient (Wildman–Crippen LogP) is 4.61. The second-order valence-corrected chi connectivity index (χ2v) is 5.52. The van der Waals surface area contributed by atoms with Crippen LogP contribution in [0.15, 0.2) is 60.7 Å². The van der Waals surface area contributed by atoms with Gasteiger partial charge in [0.05, 0.1) is 0 Å². The normalized spacial score (nSPS) is 24.3. The molecule has 0 fully saturated rings. The number of carbonyl (C=O) groups is 1. The van der Waals surface area contributed by atoms with Crippen molar-refractivity contribution in [3.05, 3.63) is 66.3 Å². The molecule has 0 amide bonds. The minimum absolute atomic E-state index is 0.114. The Bertz CT molecular complexity index is 786. The van der Waals surface area contributed by atoms with Crippen LogP contribution in [0.5, 0.6) is 0 Å². The van der Waals surface area contributed by atoms with Crippen molar-refractivity contribution < 1.29 is 14.3 Å². The Morgan fingerprint density at radius 1 is 1.23 bits per heavy atom. The lowest BCUT2D eigenvalue weighted by atomic mass is 9.74. The highest BCUT2D eigenvalue weighted by atomic mass is 19.1. The van der Waals surface area contributed by atoms with Crippen LogP contribution in [0.4, 0.5) is 4.39 Å². The quantitative estimate of drug-likeness (QED) is 0.898. The van der Waals surface area contributed by atoms with Crippen LogP contribution in [0.1, 0.15) is 18.9 Å². The molecule has 0 bridgehead atoms. The van der Waals surface area contributed by atoms with E-state index >= 15 is 4.39 Å². The van der Waals surface area contributed by atoms with E-state index in [-0.39, 0.29) is 6.42 Å². The van der Waals surface area contributed by atoms with Crippen molar-refractivity contribution in [1.82, 2.24) is 0 Å². The fraction of sp³-hybridized carbons (Fsp3) is 0.211. The van der Waals surface area contributed by atoms with Crippen LogP contribution in [0, 0.1) is 5.92 Å². The van der Waals surface area contributed by atoms with Gasteiger partial charge in [0.2, 0.25) is 0 Å². The predicted molar refractivity (Wildman–Crippen MR) is 86.3 cm³/mol. The Morgan fingerprint density at radius 3 is 2.68 bits per heavy atom. The zero-order chi connectivity index (χ0) is 15.7. The Labute approximate surface area is 128 Å². The van der Waals surface area contributed by atoms with E-state index in [1.165, 1.54) is 6.08 Å². The van der Waals surface area contributed by atoms with E-state index in [0.717, 1.165) is 16.3 Å². The van der Waals surface area contributed by atoms with E-state index in [4.69, 9.17) is 0 Å². The third kappa shape index (κ3) is 2.13. The highest BCUT2D eigenvalue weighted by Crippen LogP contribution is 2.44. The van der Waals surface area contributed by atoms with Gasteiger partial charge in [-0.25, -0.2) is 4.39 Å². The van der Waals surface area contributed by atoms with Crippen LogP contribution in [0.3, 0.4) is 0 Å². The van der Waals surface area contributed by atoms with E-state index in [1.807, 2.05) is 42.5 Å². The maximum absolute atomic E-state index is 15.6. The molecule has 1 N–H and O–H groups in total. The summed E-state index contributed by atoms with van der Waals surface area (Å²) in [6.45, 7) is 1.69. The summed E-state index contributed by atoms with van der Waals surface area (Å²) in [4.78, 5) is 11.5. The van der Waals surface area contributed by atoms with Gasteiger partial charge in [0.15, 0.2) is 5.67 Å². The third-order valence-electron chi connectivity index (χ3n) is 4.37. The molecule has 0 radical (unpaired) electrons. The molecule has 0 aliphatic heterocycles. The largest absolute Gasteiger partial charge is 0.481 e. The summed E-state index contributed by atoms with van der Waals surface area (Å²) in [5.41, 5.74) is -0.690. The summed E-state index contributed by atoms with van der Waals surface area (Å²) in [5, 5.41) is 11.3. The second-order valence-electron chi connectivity index (χ2n) is 5.52. The maximum atomic E-state index is 15.6. The summed E-state index contributed by atoms with van der Waals surface area (Å²) in [5.74, 6) is -2.29. The maximum Gasteiger partial charge on any atom is 0.314 e. The van der Waals surface area contributed by atoms with Gasteiger partial charge >= 0.3 is 5.97 Å². The number of hydrogen-bond donors (Lipinski definition) is 1. The molecule has 112 valence electrons. The topological polar surface area (TPSA) is 37.3 Å². The Kier molecular flexibility index (Phi) is 3.57. The minimum Gasteiger partial charge on any atom is -0.481 e. The molecule has 0 spiro atoms. The first kappa shape index (κ1) is 14.5. The zero-order valence-corrected chi connectivity index (χ0v) is 12.3. The van der Waals surface area contributed by atoms with E-state index in [9.17, 15) is 9.90 Å². The van der Waals surface area contributed by atoms with Crippen molar-refractivity contribution >= 4 is 22.3 Å². The number of allylic oxidation sites excluding steroid dienone is 3. The van der Waals surface area contributed by atoms with E-state index in [2.05, 4.69) is 0 Å². The van der Waals surface area contributed by atoms with Crippen LogP contribution in [-0.4, -0.2) is 16.7 Å². The molecular formula is C19H17FO2. The van der Waals surface area contributed by atoms with Gasteiger partial charge < -0.3 is 5.11 Å². The fourth-order valence-corrected chi connectivity index (χ4v) is 3.18. The molecule has 1 aliphatic carbocycles. The highest BCUT2D eigenvalue weighted by molar-refractivity contribution is 5.97. The SMILES string of the molecule is CCC1(F)C(c2cccc3ccccc23)=CC=CC1C(=O)O. The van der Waals surface area contributed by atoms with Crippen LogP contribution >= 0.6 is 0 Å². The lowest BCUT2D eigenvalue weighted by Gasteiger charge is -2.34. The lowest BCUT2D eigenvalue weighted by molar-refractivity contribution is -0.143. The Morgan fingerprint density at radius 2 is 1.95 bits per heavy atom. The second kappa shape index (κ2) is 5.41. The Hall–Kier alpha value is -2.42. The van der Waals surface area contributed by atoms with Crippen molar-refractivity contribution in [2.75, 3.05) is 0 Å². The molecule has 3 rings (SSSR count). The monoisotopic (exact) mass is 296 g/mol. The number of halogens is 1. The average Bonchev–Trinajstić information content (AvgIpc) is 2.54. The van der Waals surface area contributed by atoms with Gasteiger partial charge in [-0.05, 0) is 28.3 Å². The summed E-state index contributed by atoms with van der Waals surface area (Å²) >= 11 is 0. The smallest absolute Gasteiger partial charge is 0.314 e. The number of carboxylic acid groups (broad SMARTS) is 1. The molecule has 2 unspecified atom stereocenters. The molecule has 0 heterocycles. The summed E-state index contributed by atoms with van der Waals surface area (Å²) in [7, 11) is 0. The highest BCUT2D eigenvalue weighted by Gasteiger charge is 2.46. The summed E-state index contributed by atoms with van der Waals surface area (Å²) in [6.07, 6.45) is 4.89. The van der Waals surface area contributed by atoms with Gasteiger partial charge in [-0.15, -0.1) is 0 Å². The van der Waals surface area contributed by atoms with Gasteiger partial charge in [0.25, 0.3) is 0 Å². The molecule has 2 aromatic carbocycles. The Balaban J connectivity index is 2.23. The van der Waals surface area contributed by atoms with E-state index < -0.39 is 17.6 Å². The molecule has 0 aromatic heterocycles. The first-order chi connectivity index (χ1) is 10.6. The lowest BCUT2D eigenvalue weighted by Crippen LogP contribution is -2.39. The fourth-order valence-electron chi connectivity index (χ4n) is 3.18. The number of carboxylic acids is 1. The van der Waals surface area contributed by atoms with Crippen molar-refractivity contribution in [3.63, 3.8) is 0 Å². The van der Waals surface area contributed by atoms with Gasteiger partial charge in [-0.3, -0.25) is 4.79 Å². The number of benzene rings is 2. The molecule has 0 saturated carbocycles. The van der Waals surface area contributed by atoms with Crippen LogP contribution < -0.4 is 0 Å². The van der Waals surface area contributed by atoms with Gasteiger partial charge in [-0.2, -0.15) is 0 Å². The molecule has 2 atom stereocenters. The first-order valence-corrected chi connectivity index (χ1v) is 7.36. The average molecular weight is 296 g/mol. The van der Waals surface area contributed by atoms with Crippen molar-refractivity contribution in [2.24, 2.45) is 5.92 Å². The zero-order valence-electron chi connectivity index (χ0n) is 12.3. The first-order valence-electron chi connectivity index (χ1n) is 7.36. The number of aliphatic carboxylic acids is 1.